The lowest BCUT2D eigenvalue weighted by atomic mass is 10.1. The summed E-state index contributed by atoms with van der Waals surface area (Å²) in [5, 5.41) is 10.4. The fraction of sp³-hybridized carbons (Fsp3) is 0.308. The maximum absolute atomic E-state index is 12.8. The van der Waals surface area contributed by atoms with E-state index in [9.17, 15) is 18.3 Å². The average Bonchev–Trinajstić information content (AvgIpc) is 3.19. The van der Waals surface area contributed by atoms with Crippen molar-refractivity contribution in [1.82, 2.24) is 19.4 Å². The van der Waals surface area contributed by atoms with Gasteiger partial charge in [0, 0.05) is 73.6 Å². The zero-order chi connectivity index (χ0) is 23.7. The molecule has 5 nitrogen and oxygen atoms in total. The molecule has 2 aromatic carbocycles. The monoisotopic (exact) mass is 466 g/mol. The van der Waals surface area contributed by atoms with E-state index in [2.05, 4.69) is 37.8 Å². The summed E-state index contributed by atoms with van der Waals surface area (Å²) in [4.78, 5) is 11.5. The first kappa shape index (κ1) is 22.6. The van der Waals surface area contributed by atoms with Gasteiger partial charge in [0.2, 0.25) is 0 Å². The van der Waals surface area contributed by atoms with Gasteiger partial charge in [-0.25, -0.2) is 9.97 Å². The number of nitrogens with zero attached hydrogens (tertiary/aromatic N) is 4. The van der Waals surface area contributed by atoms with E-state index < -0.39 is 11.7 Å². The molecule has 0 unspecified atom stereocenters. The Labute approximate surface area is 195 Å². The minimum Gasteiger partial charge on any atom is -0.396 e. The molecule has 0 saturated heterocycles. The molecule has 1 aliphatic rings. The summed E-state index contributed by atoms with van der Waals surface area (Å²) < 4.78 is 40.7. The third kappa shape index (κ3) is 4.56. The van der Waals surface area contributed by atoms with Crippen molar-refractivity contribution in [1.29, 1.82) is 0 Å². The molecule has 176 valence electrons. The number of aliphatic hydroxyl groups is 1. The molecule has 0 radical (unpaired) electrons. The van der Waals surface area contributed by atoms with Crippen LogP contribution < -0.4 is 0 Å². The molecule has 5 rings (SSSR count). The number of rotatable bonds is 6. The number of alkyl halides is 3. The summed E-state index contributed by atoms with van der Waals surface area (Å²) in [6.45, 7) is 3.30. The van der Waals surface area contributed by atoms with Crippen molar-refractivity contribution < 1.29 is 18.3 Å². The quantitative estimate of drug-likeness (QED) is 0.432. The van der Waals surface area contributed by atoms with Gasteiger partial charge >= 0.3 is 6.18 Å². The van der Waals surface area contributed by atoms with Gasteiger partial charge in [0.1, 0.15) is 0 Å². The van der Waals surface area contributed by atoms with Gasteiger partial charge in [-0.1, -0.05) is 30.3 Å². The van der Waals surface area contributed by atoms with Gasteiger partial charge in [-0.15, -0.1) is 0 Å². The van der Waals surface area contributed by atoms with Crippen molar-refractivity contribution in [3.8, 4) is 11.4 Å². The highest BCUT2D eigenvalue weighted by molar-refractivity contribution is 5.84. The lowest BCUT2D eigenvalue weighted by molar-refractivity contribution is -0.137. The van der Waals surface area contributed by atoms with Gasteiger partial charge in [-0.05, 0) is 30.2 Å². The van der Waals surface area contributed by atoms with E-state index >= 15 is 0 Å². The van der Waals surface area contributed by atoms with Crippen LogP contribution in [0.5, 0.6) is 0 Å². The first-order chi connectivity index (χ1) is 16.4. The van der Waals surface area contributed by atoms with Crippen LogP contribution in [0.1, 0.15) is 28.8 Å². The topological polar surface area (TPSA) is 54.2 Å². The van der Waals surface area contributed by atoms with Crippen LogP contribution in [0, 0.1) is 0 Å². The molecule has 0 fully saturated rings. The van der Waals surface area contributed by atoms with Crippen LogP contribution in [0.25, 0.3) is 22.3 Å². The Morgan fingerprint density at radius 2 is 1.82 bits per heavy atom. The van der Waals surface area contributed by atoms with Gasteiger partial charge < -0.3 is 9.67 Å². The minimum atomic E-state index is -4.36. The molecule has 0 aliphatic carbocycles. The second-order valence-electron chi connectivity index (χ2n) is 8.64. The van der Waals surface area contributed by atoms with Gasteiger partial charge in [-0.2, -0.15) is 13.2 Å². The third-order valence-corrected chi connectivity index (χ3v) is 6.31. The molecule has 4 aromatic rings. The number of fused-ring (bicyclic) bond motifs is 2. The highest BCUT2D eigenvalue weighted by Gasteiger charge is 2.30. The first-order valence-corrected chi connectivity index (χ1v) is 11.3. The summed E-state index contributed by atoms with van der Waals surface area (Å²) in [7, 11) is 0. The van der Waals surface area contributed by atoms with E-state index in [1.807, 2.05) is 12.1 Å². The van der Waals surface area contributed by atoms with Gasteiger partial charge in [0.25, 0.3) is 0 Å². The number of aryl methyl sites for hydroxylation is 1. The molecule has 2 aromatic heterocycles. The number of aromatic nitrogens is 3. The molecule has 0 bridgehead atoms. The minimum absolute atomic E-state index is 0.166. The normalized spacial score (nSPS) is 14.5. The van der Waals surface area contributed by atoms with Crippen LogP contribution in [-0.2, 0) is 32.2 Å². The zero-order valence-corrected chi connectivity index (χ0v) is 18.6. The van der Waals surface area contributed by atoms with Gasteiger partial charge in [-0.3, -0.25) is 4.90 Å². The number of benzene rings is 2. The Balaban J connectivity index is 1.33. The van der Waals surface area contributed by atoms with E-state index in [1.54, 1.807) is 6.20 Å². The van der Waals surface area contributed by atoms with E-state index in [-0.39, 0.29) is 6.61 Å². The lowest BCUT2D eigenvalue weighted by Crippen LogP contribution is -2.30. The molecule has 3 heterocycles. The highest BCUT2D eigenvalue weighted by atomic mass is 19.4. The molecule has 0 saturated carbocycles. The van der Waals surface area contributed by atoms with Gasteiger partial charge in [0.15, 0.2) is 5.82 Å². The van der Waals surface area contributed by atoms with Crippen LogP contribution in [0.2, 0.25) is 0 Å². The van der Waals surface area contributed by atoms with Crippen molar-refractivity contribution in [2.45, 2.75) is 38.7 Å². The number of hydrogen-bond donors (Lipinski definition) is 1. The fourth-order valence-electron chi connectivity index (χ4n) is 4.57. The predicted octanol–water partition coefficient (Wildman–Crippen LogP) is 5.06. The summed E-state index contributed by atoms with van der Waals surface area (Å²) in [6.07, 6.45) is 1.10. The first-order valence-electron chi connectivity index (χ1n) is 11.3. The molecule has 0 spiro atoms. The molecule has 1 aliphatic heterocycles. The largest absolute Gasteiger partial charge is 0.416 e. The van der Waals surface area contributed by atoms with E-state index in [0.29, 0.717) is 17.8 Å². The standard InChI is InChI=1S/C26H25F3N4O/c27-26(28,29)21-8-6-18(7-9-21)25-30-14-19-15-32(12-10-23(19)31-25)16-20-17-33(11-3-13-34)24-5-2-1-4-22(20)24/h1-2,4-9,14,17,34H,3,10-13,15-16H2. The van der Waals surface area contributed by atoms with Crippen molar-refractivity contribution >= 4 is 10.9 Å². The lowest BCUT2D eigenvalue weighted by Gasteiger charge is -2.28. The van der Waals surface area contributed by atoms with Crippen LogP contribution in [-0.4, -0.2) is 37.7 Å². The molecule has 8 heteroatoms. The third-order valence-electron chi connectivity index (χ3n) is 6.31. The Bertz CT molecular complexity index is 1300. The fourth-order valence-corrected chi connectivity index (χ4v) is 4.57. The van der Waals surface area contributed by atoms with E-state index in [1.165, 1.54) is 28.6 Å². The highest BCUT2D eigenvalue weighted by Crippen LogP contribution is 2.31. The predicted molar refractivity (Wildman–Crippen MR) is 124 cm³/mol. The average molecular weight is 467 g/mol. The van der Waals surface area contributed by atoms with E-state index in [0.717, 1.165) is 56.0 Å². The number of halogens is 3. The Hall–Kier alpha value is -3.23. The molecule has 0 atom stereocenters. The smallest absolute Gasteiger partial charge is 0.396 e. The molecule has 0 amide bonds. The SMILES string of the molecule is OCCCn1cc(CN2CCc3nc(-c4ccc(C(F)(F)F)cc4)ncc3C2)c2ccccc21. The summed E-state index contributed by atoms with van der Waals surface area (Å²) in [5.74, 6) is 0.452. The van der Waals surface area contributed by atoms with Crippen molar-refractivity contribution in [2.24, 2.45) is 0 Å². The van der Waals surface area contributed by atoms with Crippen molar-refractivity contribution in [2.75, 3.05) is 13.2 Å². The number of hydrogen-bond acceptors (Lipinski definition) is 4. The van der Waals surface area contributed by atoms with Crippen molar-refractivity contribution in [3.63, 3.8) is 0 Å². The summed E-state index contributed by atoms with van der Waals surface area (Å²) in [6, 6.07) is 13.3. The van der Waals surface area contributed by atoms with Crippen LogP contribution >= 0.6 is 0 Å². The van der Waals surface area contributed by atoms with Crippen molar-refractivity contribution in [3.05, 3.63) is 83.3 Å². The second-order valence-corrected chi connectivity index (χ2v) is 8.64. The molecule has 34 heavy (non-hydrogen) atoms. The summed E-state index contributed by atoms with van der Waals surface area (Å²) in [5.41, 5.74) is 4.32. The van der Waals surface area contributed by atoms with Crippen LogP contribution in [0.3, 0.4) is 0 Å². The molecule has 1 N–H and O–H groups in total. The summed E-state index contributed by atoms with van der Waals surface area (Å²) >= 11 is 0. The van der Waals surface area contributed by atoms with Gasteiger partial charge in [0.05, 0.1) is 11.3 Å². The molecular formula is C26H25F3N4O. The number of aliphatic hydroxyl groups excluding tert-OH is 1. The molecular weight excluding hydrogens is 441 g/mol. The Morgan fingerprint density at radius 3 is 2.59 bits per heavy atom. The van der Waals surface area contributed by atoms with E-state index in [4.69, 9.17) is 0 Å². The van der Waals surface area contributed by atoms with Crippen LogP contribution in [0.4, 0.5) is 13.2 Å². The van der Waals surface area contributed by atoms with Crippen LogP contribution in [0.15, 0.2) is 60.9 Å². The Kier molecular flexibility index (Phi) is 6.10. The number of para-hydroxylation sites is 1. The maximum Gasteiger partial charge on any atom is 0.416 e. The zero-order valence-electron chi connectivity index (χ0n) is 18.6. The Morgan fingerprint density at radius 1 is 1.03 bits per heavy atom. The maximum atomic E-state index is 12.8. The second kappa shape index (κ2) is 9.19.